The second kappa shape index (κ2) is 8.73. The highest BCUT2D eigenvalue weighted by atomic mass is 79.9. The first-order chi connectivity index (χ1) is 17.1. The molecule has 3 heterocycles. The van der Waals surface area contributed by atoms with E-state index >= 15 is 4.39 Å². The number of thioether (sulfide) groups is 1. The van der Waals surface area contributed by atoms with E-state index in [1.54, 1.807) is 23.9 Å². The van der Waals surface area contributed by atoms with E-state index < -0.39 is 12.1 Å². The summed E-state index contributed by atoms with van der Waals surface area (Å²) in [4.78, 5) is 4.66. The Morgan fingerprint density at radius 3 is 2.69 bits per heavy atom. The molecule has 2 aliphatic rings. The highest BCUT2D eigenvalue weighted by molar-refractivity contribution is 9.10. The first kappa shape index (κ1) is 22.2. The van der Waals surface area contributed by atoms with Crippen LogP contribution in [-0.4, -0.2) is 28.1 Å². The van der Waals surface area contributed by atoms with Gasteiger partial charge in [0.25, 0.3) is 0 Å². The molecule has 0 bridgehead atoms. The zero-order valence-electron chi connectivity index (χ0n) is 18.8. The van der Waals surface area contributed by atoms with Crippen LogP contribution in [-0.2, 0) is 0 Å². The lowest BCUT2D eigenvalue weighted by Crippen LogP contribution is -2.33. The summed E-state index contributed by atoms with van der Waals surface area (Å²) in [6, 6.07) is 19.8. The predicted octanol–water partition coefficient (Wildman–Crippen LogP) is 6.47. The van der Waals surface area contributed by atoms with Crippen LogP contribution in [0.25, 0.3) is 5.70 Å². The van der Waals surface area contributed by atoms with Crippen LogP contribution in [0.5, 0.6) is 11.5 Å². The van der Waals surface area contributed by atoms with Gasteiger partial charge in [-0.15, -0.1) is 5.10 Å². The minimum atomic E-state index is -0.585. The number of aromatic nitrogens is 3. The van der Waals surface area contributed by atoms with Crippen molar-refractivity contribution in [3.05, 3.63) is 99.3 Å². The number of nitrogens with one attached hydrogen (secondary N) is 1. The van der Waals surface area contributed by atoms with E-state index in [1.165, 1.54) is 17.8 Å². The lowest BCUT2D eigenvalue weighted by atomic mass is 9.84. The van der Waals surface area contributed by atoms with Crippen LogP contribution in [0.2, 0.25) is 0 Å². The molecular formula is C26H20BrFN4O2S. The van der Waals surface area contributed by atoms with E-state index in [0.717, 1.165) is 32.6 Å². The third-order valence-electron chi connectivity index (χ3n) is 6.22. The van der Waals surface area contributed by atoms with Crippen molar-refractivity contribution in [1.82, 2.24) is 14.8 Å². The maximum Gasteiger partial charge on any atom is 0.227 e. The summed E-state index contributed by atoms with van der Waals surface area (Å²) in [5, 5.41) is 8.79. The molecular weight excluding hydrogens is 531 g/mol. The van der Waals surface area contributed by atoms with Gasteiger partial charge in [0, 0.05) is 26.7 Å². The fourth-order valence-electron chi connectivity index (χ4n) is 4.71. The maximum absolute atomic E-state index is 15.4. The molecule has 9 heteroatoms. The van der Waals surface area contributed by atoms with Crippen LogP contribution < -0.4 is 14.8 Å². The summed E-state index contributed by atoms with van der Waals surface area (Å²) in [7, 11) is 1.63. The first-order valence-corrected chi connectivity index (χ1v) is 13.0. The molecule has 1 N–H and O–H groups in total. The molecule has 0 spiro atoms. The molecule has 0 amide bonds. The highest BCUT2D eigenvalue weighted by Gasteiger charge is 2.43. The number of nitrogens with zero attached hydrogens (tertiary/aromatic N) is 3. The van der Waals surface area contributed by atoms with Gasteiger partial charge in [0.2, 0.25) is 11.1 Å². The van der Waals surface area contributed by atoms with Gasteiger partial charge >= 0.3 is 0 Å². The summed E-state index contributed by atoms with van der Waals surface area (Å²) in [6.45, 7) is 0. The Labute approximate surface area is 214 Å². The van der Waals surface area contributed by atoms with E-state index in [0.29, 0.717) is 22.4 Å². The molecule has 0 saturated heterocycles. The molecule has 4 aromatic rings. The highest BCUT2D eigenvalue weighted by Crippen LogP contribution is 2.52. The zero-order chi connectivity index (χ0) is 24.1. The molecule has 6 nitrogen and oxygen atoms in total. The standard InChI is InChI=1S/C26H20BrFN4O2S/c1-33-19-12-11-14(27)13-17(19)24-21-22(16-8-4-6-10-20(16)34-24)29-25-30-26(35-2)31-32(25)23(21)15-7-3-5-9-18(15)28/h3-13,23-24H,1-2H3,(H,29,30,31)/t23-,24+/m0/s1. The minimum Gasteiger partial charge on any atom is -0.496 e. The number of hydrogen-bond acceptors (Lipinski definition) is 6. The van der Waals surface area contributed by atoms with Crippen molar-refractivity contribution in [2.75, 3.05) is 18.7 Å². The van der Waals surface area contributed by atoms with Crippen molar-refractivity contribution in [2.45, 2.75) is 17.3 Å². The number of rotatable bonds is 4. The van der Waals surface area contributed by atoms with Gasteiger partial charge in [-0.2, -0.15) is 4.98 Å². The lowest BCUT2D eigenvalue weighted by Gasteiger charge is -2.39. The molecule has 2 atom stereocenters. The van der Waals surface area contributed by atoms with E-state index in [2.05, 4.69) is 26.2 Å². The van der Waals surface area contributed by atoms with E-state index in [4.69, 9.17) is 14.6 Å². The average Bonchev–Trinajstić information content (AvgIpc) is 3.30. The molecule has 35 heavy (non-hydrogen) atoms. The minimum absolute atomic E-state index is 0.322. The Bertz CT molecular complexity index is 1490. The molecule has 176 valence electrons. The normalized spacial score (nSPS) is 18.2. The summed E-state index contributed by atoms with van der Waals surface area (Å²) in [6.07, 6.45) is 1.35. The van der Waals surface area contributed by atoms with Crippen LogP contribution in [0.4, 0.5) is 10.3 Å². The van der Waals surface area contributed by atoms with Gasteiger partial charge in [-0.05, 0) is 42.7 Å². The van der Waals surface area contributed by atoms with Crippen LogP contribution in [0.15, 0.2) is 81.9 Å². The van der Waals surface area contributed by atoms with Crippen molar-refractivity contribution < 1.29 is 13.9 Å². The monoisotopic (exact) mass is 550 g/mol. The molecule has 6 rings (SSSR count). The molecule has 2 aliphatic heterocycles. The van der Waals surface area contributed by atoms with E-state index in [-0.39, 0.29) is 5.82 Å². The molecule has 0 aliphatic carbocycles. The number of benzene rings is 3. The number of hydrogen-bond donors (Lipinski definition) is 1. The predicted molar refractivity (Wildman–Crippen MR) is 137 cm³/mol. The Balaban J connectivity index is 1.67. The SMILES string of the molecule is COc1ccc(Br)cc1[C@H]1Oc2ccccc2C2=C1[C@H](c1ccccc1F)n1nc(SC)nc1N2. The van der Waals surface area contributed by atoms with Crippen molar-refractivity contribution in [3.8, 4) is 11.5 Å². The Kier molecular flexibility index (Phi) is 5.53. The molecule has 0 fully saturated rings. The van der Waals surface area contributed by atoms with Gasteiger partial charge in [-0.25, -0.2) is 9.07 Å². The molecule has 0 saturated carbocycles. The average molecular weight is 551 g/mol. The van der Waals surface area contributed by atoms with Gasteiger partial charge in [0.05, 0.1) is 12.8 Å². The number of halogens is 2. The quantitative estimate of drug-likeness (QED) is 0.294. The second-order valence-corrected chi connectivity index (χ2v) is 9.82. The van der Waals surface area contributed by atoms with Gasteiger partial charge in [0.15, 0.2) is 6.10 Å². The van der Waals surface area contributed by atoms with Gasteiger partial charge < -0.3 is 14.8 Å². The third kappa shape index (κ3) is 3.61. The Hall–Kier alpha value is -3.30. The zero-order valence-corrected chi connectivity index (χ0v) is 21.2. The van der Waals surface area contributed by atoms with E-state index in [9.17, 15) is 0 Å². The molecule has 0 radical (unpaired) electrons. The van der Waals surface area contributed by atoms with Crippen molar-refractivity contribution >= 4 is 39.3 Å². The Morgan fingerprint density at radius 2 is 1.89 bits per heavy atom. The fourth-order valence-corrected chi connectivity index (χ4v) is 5.43. The van der Waals surface area contributed by atoms with Crippen LogP contribution in [0.3, 0.4) is 0 Å². The number of fused-ring (bicyclic) bond motifs is 3. The van der Waals surface area contributed by atoms with E-state index in [1.807, 2.05) is 54.8 Å². The number of anilines is 1. The van der Waals surface area contributed by atoms with Gasteiger partial charge in [-0.1, -0.05) is 58.0 Å². The number of methoxy groups -OCH3 is 1. The van der Waals surface area contributed by atoms with Crippen molar-refractivity contribution in [2.24, 2.45) is 0 Å². The van der Waals surface area contributed by atoms with Crippen LogP contribution in [0, 0.1) is 5.82 Å². The topological polar surface area (TPSA) is 61.2 Å². The van der Waals surface area contributed by atoms with Crippen molar-refractivity contribution in [1.29, 1.82) is 0 Å². The van der Waals surface area contributed by atoms with Gasteiger partial charge in [0.1, 0.15) is 23.4 Å². The smallest absolute Gasteiger partial charge is 0.227 e. The Morgan fingerprint density at radius 1 is 1.09 bits per heavy atom. The maximum atomic E-state index is 15.4. The van der Waals surface area contributed by atoms with Crippen LogP contribution in [0.1, 0.15) is 28.8 Å². The van der Waals surface area contributed by atoms with Gasteiger partial charge in [-0.3, -0.25) is 0 Å². The summed E-state index contributed by atoms with van der Waals surface area (Å²) >= 11 is 5.02. The second-order valence-electron chi connectivity index (χ2n) is 8.13. The summed E-state index contributed by atoms with van der Waals surface area (Å²) in [5.74, 6) is 1.62. The number of para-hydroxylation sites is 1. The first-order valence-electron chi connectivity index (χ1n) is 10.9. The molecule has 0 unspecified atom stereocenters. The van der Waals surface area contributed by atoms with Crippen molar-refractivity contribution in [3.63, 3.8) is 0 Å². The molecule has 1 aromatic heterocycles. The summed E-state index contributed by atoms with van der Waals surface area (Å²) < 4.78 is 30.4. The van der Waals surface area contributed by atoms with Crippen LogP contribution >= 0.6 is 27.7 Å². The summed E-state index contributed by atoms with van der Waals surface area (Å²) in [5.41, 5.74) is 3.85. The molecule has 3 aromatic carbocycles. The number of ether oxygens (including phenoxy) is 2. The largest absolute Gasteiger partial charge is 0.496 e. The fraction of sp³-hybridized carbons (Fsp3) is 0.154. The third-order valence-corrected chi connectivity index (χ3v) is 7.25. The lowest BCUT2D eigenvalue weighted by molar-refractivity contribution is 0.217.